The van der Waals surface area contributed by atoms with Crippen LogP contribution < -0.4 is 21.3 Å². The number of hydrogen-bond acceptors (Lipinski definition) is 9. The maximum atomic E-state index is 9.90. The molecule has 2 fully saturated rings. The van der Waals surface area contributed by atoms with Crippen molar-refractivity contribution in [1.82, 2.24) is 24.4 Å². The molecular weight excluding hydrogens is 442 g/mol. The number of nitrogens with two attached hydrogens (primary N) is 1. The van der Waals surface area contributed by atoms with Gasteiger partial charge in [-0.05, 0) is 43.7 Å². The first-order valence-corrected chi connectivity index (χ1v) is 12.9. The molecule has 188 valence electrons. The Morgan fingerprint density at radius 3 is 2.51 bits per heavy atom. The Hall–Kier alpha value is -2.95. The number of fused-ring (bicyclic) bond motifs is 1. The van der Waals surface area contributed by atoms with Crippen molar-refractivity contribution >= 4 is 34.3 Å². The summed E-state index contributed by atoms with van der Waals surface area (Å²) in [6, 6.07) is 8.92. The van der Waals surface area contributed by atoms with Crippen LogP contribution in [0.5, 0.6) is 0 Å². The number of benzene rings is 1. The minimum Gasteiger partial charge on any atom is -0.390 e. The average molecular weight is 480 g/mol. The van der Waals surface area contributed by atoms with Crippen LogP contribution in [0.3, 0.4) is 0 Å². The molecule has 10 nitrogen and oxygen atoms in total. The van der Waals surface area contributed by atoms with E-state index in [1.54, 1.807) is 0 Å². The van der Waals surface area contributed by atoms with Crippen LogP contribution in [0.15, 0.2) is 30.6 Å². The summed E-state index contributed by atoms with van der Waals surface area (Å²) < 4.78 is 2.18. The molecule has 1 aliphatic carbocycles. The number of nitrogens with one attached hydrogen (secondary N) is 2. The van der Waals surface area contributed by atoms with Gasteiger partial charge in [-0.2, -0.15) is 9.97 Å². The fraction of sp³-hybridized carbons (Fsp3) is 0.560. The number of rotatable bonds is 9. The van der Waals surface area contributed by atoms with Crippen LogP contribution >= 0.6 is 0 Å². The summed E-state index contributed by atoms with van der Waals surface area (Å²) in [5, 5.41) is 16.5. The first-order chi connectivity index (χ1) is 17.1. The molecule has 1 unspecified atom stereocenters. The summed E-state index contributed by atoms with van der Waals surface area (Å²) in [6.07, 6.45) is 5.97. The fourth-order valence-electron chi connectivity index (χ4n) is 5.04. The second kappa shape index (κ2) is 10.8. The van der Waals surface area contributed by atoms with Gasteiger partial charge in [0.2, 0.25) is 5.95 Å². The Morgan fingerprint density at radius 2 is 1.83 bits per heavy atom. The first-order valence-electron chi connectivity index (χ1n) is 12.9. The van der Waals surface area contributed by atoms with E-state index in [4.69, 9.17) is 15.7 Å². The predicted molar refractivity (Wildman–Crippen MR) is 140 cm³/mol. The van der Waals surface area contributed by atoms with Gasteiger partial charge in [-0.1, -0.05) is 19.8 Å². The minimum absolute atomic E-state index is 0.181. The molecule has 1 saturated heterocycles. The van der Waals surface area contributed by atoms with Gasteiger partial charge in [0, 0.05) is 56.7 Å². The predicted octanol–water partition coefficient (Wildman–Crippen LogP) is 2.56. The number of aromatic nitrogens is 4. The molecule has 35 heavy (non-hydrogen) atoms. The Morgan fingerprint density at radius 1 is 1.09 bits per heavy atom. The minimum atomic E-state index is -0.655. The number of aliphatic hydroxyl groups is 1. The van der Waals surface area contributed by atoms with Crippen molar-refractivity contribution in [2.45, 2.75) is 44.8 Å². The van der Waals surface area contributed by atoms with E-state index in [9.17, 15) is 5.11 Å². The van der Waals surface area contributed by atoms with E-state index in [1.807, 2.05) is 6.33 Å². The maximum absolute atomic E-state index is 9.90. The quantitative estimate of drug-likeness (QED) is 0.367. The van der Waals surface area contributed by atoms with Crippen molar-refractivity contribution in [3.8, 4) is 0 Å². The highest BCUT2D eigenvalue weighted by molar-refractivity contribution is 5.86. The van der Waals surface area contributed by atoms with E-state index in [1.165, 1.54) is 18.5 Å². The lowest BCUT2D eigenvalue weighted by atomic mass is 10.2. The smallest absolute Gasteiger partial charge is 0.226 e. The van der Waals surface area contributed by atoms with E-state index in [0.29, 0.717) is 24.4 Å². The highest BCUT2D eigenvalue weighted by Gasteiger charge is 2.22. The molecule has 2 aromatic heterocycles. The molecule has 0 spiro atoms. The van der Waals surface area contributed by atoms with Crippen LogP contribution in [0.2, 0.25) is 0 Å². The molecule has 0 bridgehead atoms. The Bertz CT molecular complexity index is 1100. The second-order valence-electron chi connectivity index (χ2n) is 9.52. The molecule has 2 aliphatic rings. The highest BCUT2D eigenvalue weighted by Crippen LogP contribution is 2.33. The van der Waals surface area contributed by atoms with Crippen LogP contribution in [0, 0.1) is 0 Å². The average Bonchev–Trinajstić information content (AvgIpc) is 3.58. The first kappa shape index (κ1) is 23.8. The van der Waals surface area contributed by atoms with Gasteiger partial charge in [0.25, 0.3) is 0 Å². The van der Waals surface area contributed by atoms with Crippen molar-refractivity contribution in [2.75, 3.05) is 61.3 Å². The van der Waals surface area contributed by atoms with Crippen molar-refractivity contribution in [3.63, 3.8) is 0 Å². The lowest BCUT2D eigenvalue weighted by Gasteiger charge is -2.35. The van der Waals surface area contributed by atoms with Gasteiger partial charge in [-0.15, -0.1) is 0 Å². The summed E-state index contributed by atoms with van der Waals surface area (Å²) in [5.41, 5.74) is 9.31. The molecule has 1 atom stereocenters. The standard InChI is InChI=1S/C25H37N9O/c1-2-32-11-13-33(14-12-32)19-9-7-18(8-10-19)29-23-22-24(31-25(30-23)27-16-21(35)15-26)34(17-28-22)20-5-3-4-6-20/h7-10,17,20-21,35H,2-6,11-16,26H2,1H3,(H2,27,29,30,31). The fourth-order valence-corrected chi connectivity index (χ4v) is 5.04. The van der Waals surface area contributed by atoms with Gasteiger partial charge >= 0.3 is 0 Å². The third-order valence-corrected chi connectivity index (χ3v) is 7.22. The zero-order valence-electron chi connectivity index (χ0n) is 20.5. The van der Waals surface area contributed by atoms with E-state index in [-0.39, 0.29) is 6.54 Å². The third kappa shape index (κ3) is 5.34. The van der Waals surface area contributed by atoms with Crippen molar-refractivity contribution in [2.24, 2.45) is 5.73 Å². The molecule has 3 heterocycles. The molecule has 5 N–H and O–H groups in total. The summed E-state index contributed by atoms with van der Waals surface area (Å²) in [4.78, 5) is 19.1. The highest BCUT2D eigenvalue weighted by atomic mass is 16.3. The van der Waals surface area contributed by atoms with Crippen LogP contribution in [0.25, 0.3) is 11.2 Å². The molecule has 3 aromatic rings. The normalized spacial score (nSPS) is 18.3. The summed E-state index contributed by atoms with van der Waals surface area (Å²) in [7, 11) is 0. The van der Waals surface area contributed by atoms with Crippen molar-refractivity contribution in [1.29, 1.82) is 0 Å². The monoisotopic (exact) mass is 479 g/mol. The Kier molecular flexibility index (Phi) is 7.31. The third-order valence-electron chi connectivity index (χ3n) is 7.22. The summed E-state index contributed by atoms with van der Waals surface area (Å²) in [5.74, 6) is 1.11. The molecule has 5 rings (SSSR count). The van der Waals surface area contributed by atoms with E-state index in [2.05, 4.69) is 61.2 Å². The van der Waals surface area contributed by atoms with Crippen LogP contribution in [0.1, 0.15) is 38.6 Å². The summed E-state index contributed by atoms with van der Waals surface area (Å²) in [6.45, 7) is 8.12. The lowest BCUT2D eigenvalue weighted by molar-refractivity contribution is 0.196. The Balaban J connectivity index is 1.38. The van der Waals surface area contributed by atoms with Gasteiger partial charge in [0.1, 0.15) is 0 Å². The van der Waals surface area contributed by atoms with Crippen molar-refractivity contribution < 1.29 is 5.11 Å². The van der Waals surface area contributed by atoms with Crippen LogP contribution in [0.4, 0.5) is 23.1 Å². The van der Waals surface area contributed by atoms with Gasteiger partial charge in [0.15, 0.2) is 17.0 Å². The largest absolute Gasteiger partial charge is 0.390 e. The molecule has 1 saturated carbocycles. The molecule has 0 amide bonds. The van der Waals surface area contributed by atoms with Gasteiger partial charge < -0.3 is 35.8 Å². The molecular formula is C25H37N9O. The number of imidazole rings is 1. The van der Waals surface area contributed by atoms with Gasteiger partial charge in [0.05, 0.1) is 12.4 Å². The molecule has 10 heteroatoms. The SMILES string of the molecule is CCN1CCN(c2ccc(Nc3nc(NCC(O)CN)nc4c3ncn4C3CCCC3)cc2)CC1. The van der Waals surface area contributed by atoms with E-state index < -0.39 is 6.10 Å². The van der Waals surface area contributed by atoms with Crippen LogP contribution in [-0.4, -0.2) is 81.4 Å². The Labute approximate surface area is 206 Å². The number of anilines is 4. The second-order valence-corrected chi connectivity index (χ2v) is 9.52. The number of piperazine rings is 1. The molecule has 0 radical (unpaired) electrons. The zero-order valence-corrected chi connectivity index (χ0v) is 20.5. The maximum Gasteiger partial charge on any atom is 0.226 e. The molecule has 1 aromatic carbocycles. The van der Waals surface area contributed by atoms with Gasteiger partial charge in [-0.3, -0.25) is 0 Å². The topological polar surface area (TPSA) is 120 Å². The van der Waals surface area contributed by atoms with E-state index in [0.717, 1.165) is 62.4 Å². The van der Waals surface area contributed by atoms with Crippen molar-refractivity contribution in [3.05, 3.63) is 30.6 Å². The number of nitrogens with zero attached hydrogens (tertiary/aromatic N) is 6. The zero-order chi connectivity index (χ0) is 24.2. The van der Waals surface area contributed by atoms with Gasteiger partial charge in [-0.25, -0.2) is 4.98 Å². The number of likely N-dealkylation sites (N-methyl/N-ethyl adjacent to an activating group) is 1. The summed E-state index contributed by atoms with van der Waals surface area (Å²) >= 11 is 0. The van der Waals surface area contributed by atoms with E-state index >= 15 is 0 Å². The molecule has 1 aliphatic heterocycles. The number of hydrogen-bond donors (Lipinski definition) is 4. The number of aliphatic hydroxyl groups excluding tert-OH is 1. The van der Waals surface area contributed by atoms with Crippen LogP contribution in [-0.2, 0) is 0 Å². The lowest BCUT2D eigenvalue weighted by Crippen LogP contribution is -2.46.